The molecular formula is C21H21Cl2N3. The number of pyridine rings is 1. The Morgan fingerprint density at radius 2 is 1.19 bits per heavy atom. The van der Waals surface area contributed by atoms with Gasteiger partial charge in [0.1, 0.15) is 0 Å². The molecule has 134 valence electrons. The van der Waals surface area contributed by atoms with Gasteiger partial charge >= 0.3 is 0 Å². The van der Waals surface area contributed by atoms with Gasteiger partial charge in [0.25, 0.3) is 0 Å². The van der Waals surface area contributed by atoms with Gasteiger partial charge < -0.3 is 10.2 Å². The highest BCUT2D eigenvalue weighted by Crippen LogP contribution is 2.33. The Labute approximate surface area is 165 Å². The molecule has 3 nitrogen and oxygen atoms in total. The SMILES string of the molecule is CN(C)c1ccc(Nc2c3ccccc3nc3ccccc23)cc1.Cl.Cl. The first-order chi connectivity index (χ1) is 11.7. The minimum Gasteiger partial charge on any atom is -0.378 e. The maximum absolute atomic E-state index is 4.77. The third-order valence-corrected chi connectivity index (χ3v) is 4.24. The highest BCUT2D eigenvalue weighted by atomic mass is 35.5. The Hall–Kier alpha value is -2.49. The summed E-state index contributed by atoms with van der Waals surface area (Å²) in [7, 11) is 4.10. The van der Waals surface area contributed by atoms with Crippen molar-refractivity contribution in [1.29, 1.82) is 0 Å². The van der Waals surface area contributed by atoms with Gasteiger partial charge in [-0.3, -0.25) is 0 Å². The number of nitrogens with zero attached hydrogens (tertiary/aromatic N) is 2. The third-order valence-electron chi connectivity index (χ3n) is 4.24. The number of rotatable bonds is 3. The first kappa shape index (κ1) is 19.8. The Morgan fingerprint density at radius 1 is 0.692 bits per heavy atom. The molecule has 0 aliphatic heterocycles. The van der Waals surface area contributed by atoms with Crippen molar-refractivity contribution in [2.75, 3.05) is 24.3 Å². The molecule has 0 amide bonds. The zero-order chi connectivity index (χ0) is 16.5. The van der Waals surface area contributed by atoms with Gasteiger partial charge in [-0.25, -0.2) is 4.98 Å². The summed E-state index contributed by atoms with van der Waals surface area (Å²) in [5.74, 6) is 0. The van der Waals surface area contributed by atoms with Crippen LogP contribution in [-0.2, 0) is 0 Å². The van der Waals surface area contributed by atoms with Crippen molar-refractivity contribution in [1.82, 2.24) is 4.98 Å². The molecule has 4 aromatic rings. The van der Waals surface area contributed by atoms with Gasteiger partial charge in [-0.15, -0.1) is 24.8 Å². The van der Waals surface area contributed by atoms with Crippen LogP contribution >= 0.6 is 24.8 Å². The van der Waals surface area contributed by atoms with Crippen LogP contribution < -0.4 is 10.2 Å². The number of para-hydroxylation sites is 2. The van der Waals surface area contributed by atoms with Gasteiger partial charge in [0, 0.05) is 36.2 Å². The summed E-state index contributed by atoms with van der Waals surface area (Å²) in [6, 6.07) is 25.0. The Bertz CT molecular complexity index is 960. The fraction of sp³-hybridized carbons (Fsp3) is 0.0952. The third kappa shape index (κ3) is 3.69. The van der Waals surface area contributed by atoms with Crippen LogP contribution in [0, 0.1) is 0 Å². The minimum atomic E-state index is 0. The van der Waals surface area contributed by atoms with Crippen LogP contribution in [0.3, 0.4) is 0 Å². The Morgan fingerprint density at radius 3 is 1.69 bits per heavy atom. The maximum atomic E-state index is 4.77. The van der Waals surface area contributed by atoms with Crippen LogP contribution in [0.4, 0.5) is 17.1 Å². The van der Waals surface area contributed by atoms with Gasteiger partial charge in [-0.05, 0) is 36.4 Å². The van der Waals surface area contributed by atoms with Gasteiger partial charge in [-0.1, -0.05) is 36.4 Å². The molecule has 0 atom stereocenters. The average Bonchev–Trinajstić information content (AvgIpc) is 2.62. The summed E-state index contributed by atoms with van der Waals surface area (Å²) in [5, 5.41) is 5.86. The van der Waals surface area contributed by atoms with E-state index < -0.39 is 0 Å². The van der Waals surface area contributed by atoms with Crippen molar-refractivity contribution in [2.24, 2.45) is 0 Å². The largest absolute Gasteiger partial charge is 0.378 e. The number of hydrogen-bond donors (Lipinski definition) is 1. The lowest BCUT2D eigenvalue weighted by atomic mass is 10.1. The predicted molar refractivity (Wildman–Crippen MR) is 118 cm³/mol. The second-order valence-electron chi connectivity index (χ2n) is 6.09. The zero-order valence-electron chi connectivity index (χ0n) is 14.6. The van der Waals surface area contributed by atoms with Crippen molar-refractivity contribution < 1.29 is 0 Å². The molecule has 0 aliphatic carbocycles. The maximum Gasteiger partial charge on any atom is 0.0730 e. The van der Waals surface area contributed by atoms with Gasteiger partial charge in [-0.2, -0.15) is 0 Å². The monoisotopic (exact) mass is 385 g/mol. The van der Waals surface area contributed by atoms with Crippen LogP contribution in [0.25, 0.3) is 21.8 Å². The second-order valence-corrected chi connectivity index (χ2v) is 6.09. The minimum absolute atomic E-state index is 0. The normalized spacial score (nSPS) is 10.1. The molecule has 0 bridgehead atoms. The number of aromatic nitrogens is 1. The van der Waals surface area contributed by atoms with Crippen LogP contribution in [0.5, 0.6) is 0 Å². The quantitative estimate of drug-likeness (QED) is 0.435. The van der Waals surface area contributed by atoms with E-state index in [-0.39, 0.29) is 24.8 Å². The molecule has 26 heavy (non-hydrogen) atoms. The van der Waals surface area contributed by atoms with Crippen LogP contribution in [0.2, 0.25) is 0 Å². The van der Waals surface area contributed by atoms with Crippen molar-refractivity contribution in [3.63, 3.8) is 0 Å². The number of anilines is 3. The lowest BCUT2D eigenvalue weighted by Crippen LogP contribution is -2.08. The molecule has 0 unspecified atom stereocenters. The zero-order valence-corrected chi connectivity index (χ0v) is 16.3. The Kier molecular flexibility index (Phi) is 6.30. The number of hydrogen-bond acceptors (Lipinski definition) is 3. The summed E-state index contributed by atoms with van der Waals surface area (Å²) in [5.41, 5.74) is 5.37. The molecule has 0 aliphatic rings. The van der Waals surface area contributed by atoms with E-state index >= 15 is 0 Å². The summed E-state index contributed by atoms with van der Waals surface area (Å²) in [4.78, 5) is 6.87. The molecule has 3 aromatic carbocycles. The first-order valence-electron chi connectivity index (χ1n) is 8.04. The standard InChI is InChI=1S/C21H19N3.2ClH/c1-24(2)16-13-11-15(12-14-16)22-21-17-7-3-5-9-19(17)23-20-10-6-4-8-18(20)21;;/h3-14H,1-2H3,(H,22,23);2*1H. The topological polar surface area (TPSA) is 28.2 Å². The van der Waals surface area contributed by atoms with Crippen molar-refractivity contribution in [3.8, 4) is 0 Å². The van der Waals surface area contributed by atoms with E-state index in [0.717, 1.165) is 33.2 Å². The molecular weight excluding hydrogens is 365 g/mol. The molecule has 0 saturated carbocycles. The van der Waals surface area contributed by atoms with E-state index in [4.69, 9.17) is 4.98 Å². The van der Waals surface area contributed by atoms with E-state index in [2.05, 4.69) is 70.9 Å². The van der Waals surface area contributed by atoms with Crippen molar-refractivity contribution in [3.05, 3.63) is 72.8 Å². The van der Waals surface area contributed by atoms with Crippen LogP contribution in [0.1, 0.15) is 0 Å². The molecule has 1 N–H and O–H groups in total. The van der Waals surface area contributed by atoms with Gasteiger partial charge in [0.15, 0.2) is 0 Å². The highest BCUT2D eigenvalue weighted by Gasteiger charge is 2.09. The smallest absolute Gasteiger partial charge is 0.0730 e. The van der Waals surface area contributed by atoms with E-state index in [1.165, 1.54) is 5.69 Å². The van der Waals surface area contributed by atoms with Crippen molar-refractivity contribution >= 4 is 63.7 Å². The van der Waals surface area contributed by atoms with E-state index in [1.54, 1.807) is 0 Å². The van der Waals surface area contributed by atoms with E-state index in [1.807, 2.05) is 26.2 Å². The van der Waals surface area contributed by atoms with Crippen LogP contribution in [-0.4, -0.2) is 19.1 Å². The fourth-order valence-corrected chi connectivity index (χ4v) is 2.96. The molecule has 1 aromatic heterocycles. The number of benzene rings is 3. The molecule has 4 rings (SSSR count). The predicted octanol–water partition coefficient (Wildman–Crippen LogP) is 6.04. The van der Waals surface area contributed by atoms with Crippen molar-refractivity contribution in [2.45, 2.75) is 0 Å². The number of fused-ring (bicyclic) bond motifs is 2. The first-order valence-corrected chi connectivity index (χ1v) is 8.04. The lowest BCUT2D eigenvalue weighted by Gasteiger charge is -2.15. The molecule has 0 saturated heterocycles. The Balaban J connectivity index is 0.00000121. The molecule has 5 heteroatoms. The van der Waals surface area contributed by atoms with E-state index in [0.29, 0.717) is 0 Å². The highest BCUT2D eigenvalue weighted by molar-refractivity contribution is 6.08. The van der Waals surface area contributed by atoms with Crippen LogP contribution in [0.15, 0.2) is 72.8 Å². The molecule has 1 heterocycles. The number of halogens is 2. The van der Waals surface area contributed by atoms with Gasteiger partial charge in [0.2, 0.25) is 0 Å². The summed E-state index contributed by atoms with van der Waals surface area (Å²) in [6.07, 6.45) is 0. The molecule has 0 radical (unpaired) electrons. The van der Waals surface area contributed by atoms with Gasteiger partial charge in [0.05, 0.1) is 16.7 Å². The van der Waals surface area contributed by atoms with E-state index in [9.17, 15) is 0 Å². The summed E-state index contributed by atoms with van der Waals surface area (Å²) >= 11 is 0. The second kappa shape index (κ2) is 8.26. The lowest BCUT2D eigenvalue weighted by molar-refractivity contribution is 1.13. The summed E-state index contributed by atoms with van der Waals surface area (Å²) < 4.78 is 0. The molecule has 0 fully saturated rings. The number of nitrogens with one attached hydrogen (secondary N) is 1. The fourth-order valence-electron chi connectivity index (χ4n) is 2.96. The molecule has 0 spiro atoms. The summed E-state index contributed by atoms with van der Waals surface area (Å²) in [6.45, 7) is 0. The average molecular weight is 386 g/mol.